The lowest BCUT2D eigenvalue weighted by atomic mass is 10.1. The zero-order valence-electron chi connectivity index (χ0n) is 25.6. The summed E-state index contributed by atoms with van der Waals surface area (Å²) in [4.78, 5) is 49.1. The molecule has 1 rings (SSSR count). The van der Waals surface area contributed by atoms with E-state index < -0.39 is 36.5 Å². The van der Waals surface area contributed by atoms with E-state index in [4.69, 9.17) is 34.2 Å². The van der Waals surface area contributed by atoms with E-state index in [9.17, 15) is 19.2 Å². The average Bonchev–Trinajstić information content (AvgIpc) is 2.90. The third-order valence-corrected chi connectivity index (χ3v) is 6.37. The highest BCUT2D eigenvalue weighted by molar-refractivity contribution is 5.76. The highest BCUT2D eigenvalue weighted by Crippen LogP contribution is 2.30. The maximum absolute atomic E-state index is 12.7. The zero-order valence-corrected chi connectivity index (χ0v) is 25.6. The summed E-state index contributed by atoms with van der Waals surface area (Å²) >= 11 is 0. The molecule has 1 aromatic rings. The smallest absolute Gasteiger partial charge is 0.459 e. The van der Waals surface area contributed by atoms with Crippen LogP contribution in [-0.2, 0) is 35.0 Å². The van der Waals surface area contributed by atoms with E-state index in [-0.39, 0.29) is 61.3 Å². The van der Waals surface area contributed by atoms with Crippen LogP contribution in [-0.4, -0.2) is 55.7 Å². The Morgan fingerprint density at radius 3 is 1.78 bits per heavy atom. The molecule has 0 saturated heterocycles. The summed E-state index contributed by atoms with van der Waals surface area (Å²) in [5.74, 6) is -0.816. The fourth-order valence-corrected chi connectivity index (χ4v) is 3.13. The zero-order chi connectivity index (χ0) is 31.1. The Kier molecular flexibility index (Phi) is 15.8. The minimum absolute atomic E-state index is 0.0179. The lowest BCUT2D eigenvalue weighted by molar-refractivity contribution is -0.166. The normalized spacial score (nSPS) is 14.7. The van der Waals surface area contributed by atoms with E-state index >= 15 is 0 Å². The second-order valence-electron chi connectivity index (χ2n) is 10.9. The quantitative estimate of drug-likeness (QED) is 0.148. The van der Waals surface area contributed by atoms with Gasteiger partial charge in [0.1, 0.15) is 18.2 Å². The molecular formula is C30H47NO10. The lowest BCUT2D eigenvalue weighted by Crippen LogP contribution is -2.39. The number of esters is 2. The van der Waals surface area contributed by atoms with Crippen LogP contribution in [0.1, 0.15) is 80.2 Å². The van der Waals surface area contributed by atoms with Crippen molar-refractivity contribution in [1.29, 1.82) is 0 Å². The van der Waals surface area contributed by atoms with Gasteiger partial charge in [0.2, 0.25) is 0 Å². The molecule has 2 unspecified atom stereocenters. The molecule has 0 bridgehead atoms. The van der Waals surface area contributed by atoms with Crippen LogP contribution in [0.3, 0.4) is 0 Å². The topological polar surface area (TPSA) is 150 Å². The van der Waals surface area contributed by atoms with Gasteiger partial charge in [-0.3, -0.25) is 9.59 Å². The maximum atomic E-state index is 12.7. The standard InChI is InChI=1S/C30H47NO10/c1-9-19(5)16-36-29(34)40-25-12-11-23(15-26(25)41-30(35)37-17-20(6)10-2)14-24(31)28(33)39-22(8)21(7)38-27(32)13-18(3)4/h11-12,15,18-22,24H,9-10,13-14,16-17,31H2,1-8H3/t19?,20?,21-,22-,24-/m0/s1. The maximum Gasteiger partial charge on any atom is 0.513 e. The molecule has 0 aliphatic heterocycles. The van der Waals surface area contributed by atoms with Crippen molar-refractivity contribution in [1.82, 2.24) is 0 Å². The summed E-state index contributed by atoms with van der Waals surface area (Å²) in [5, 5.41) is 0. The number of benzene rings is 1. The second kappa shape index (κ2) is 18.2. The van der Waals surface area contributed by atoms with Crippen molar-refractivity contribution >= 4 is 24.2 Å². The first-order valence-electron chi connectivity index (χ1n) is 14.2. The van der Waals surface area contributed by atoms with Gasteiger partial charge in [-0.25, -0.2) is 9.59 Å². The first-order chi connectivity index (χ1) is 19.2. The molecule has 0 amide bonds. The van der Waals surface area contributed by atoms with Gasteiger partial charge in [-0.2, -0.15) is 0 Å². The van der Waals surface area contributed by atoms with Gasteiger partial charge < -0.3 is 34.2 Å². The number of carbonyl (C=O) groups excluding carboxylic acids is 4. The summed E-state index contributed by atoms with van der Waals surface area (Å²) in [6, 6.07) is 3.33. The van der Waals surface area contributed by atoms with Crippen LogP contribution < -0.4 is 15.2 Å². The molecule has 41 heavy (non-hydrogen) atoms. The molecule has 0 aromatic heterocycles. The van der Waals surface area contributed by atoms with Crippen LogP contribution >= 0.6 is 0 Å². The molecule has 2 N–H and O–H groups in total. The Bertz CT molecular complexity index is 995. The van der Waals surface area contributed by atoms with Crippen molar-refractivity contribution in [2.45, 2.75) is 99.3 Å². The van der Waals surface area contributed by atoms with Gasteiger partial charge in [0.15, 0.2) is 11.5 Å². The molecule has 0 saturated carbocycles. The van der Waals surface area contributed by atoms with Gasteiger partial charge in [0, 0.05) is 6.42 Å². The number of carbonyl (C=O) groups is 4. The predicted molar refractivity (Wildman–Crippen MR) is 152 cm³/mol. The number of rotatable bonds is 16. The van der Waals surface area contributed by atoms with Crippen molar-refractivity contribution in [3.63, 3.8) is 0 Å². The van der Waals surface area contributed by atoms with E-state index in [1.165, 1.54) is 12.1 Å². The number of hydrogen-bond donors (Lipinski definition) is 1. The fourth-order valence-electron chi connectivity index (χ4n) is 3.13. The summed E-state index contributed by atoms with van der Waals surface area (Å²) in [6.07, 6.45) is -1.39. The third kappa shape index (κ3) is 14.2. The first-order valence-corrected chi connectivity index (χ1v) is 14.2. The van der Waals surface area contributed by atoms with Gasteiger partial charge in [0.05, 0.1) is 13.2 Å². The van der Waals surface area contributed by atoms with Crippen LogP contribution in [0, 0.1) is 17.8 Å². The minimum atomic E-state index is -1.08. The number of ether oxygens (including phenoxy) is 6. The molecular weight excluding hydrogens is 534 g/mol. The Balaban J connectivity index is 2.94. The molecule has 0 aliphatic carbocycles. The van der Waals surface area contributed by atoms with Gasteiger partial charge >= 0.3 is 24.2 Å². The van der Waals surface area contributed by atoms with Gasteiger partial charge in [-0.1, -0.05) is 60.5 Å². The first kappa shape index (κ1) is 35.7. The molecule has 11 nitrogen and oxygen atoms in total. The third-order valence-electron chi connectivity index (χ3n) is 6.37. The Labute approximate surface area is 243 Å². The van der Waals surface area contributed by atoms with E-state index in [1.807, 2.05) is 41.5 Å². The molecule has 232 valence electrons. The Hall–Kier alpha value is -3.34. The highest BCUT2D eigenvalue weighted by Gasteiger charge is 2.25. The van der Waals surface area contributed by atoms with E-state index in [0.717, 1.165) is 12.8 Å². The molecule has 0 spiro atoms. The predicted octanol–water partition coefficient (Wildman–Crippen LogP) is 5.59. The summed E-state index contributed by atoms with van der Waals surface area (Å²) in [7, 11) is 0. The SMILES string of the molecule is CCC(C)COC(=O)Oc1ccc(C[C@H](N)C(=O)O[C@@H](C)[C@H](C)OC(=O)CC(C)C)cc1OC(=O)OCC(C)CC. The van der Waals surface area contributed by atoms with E-state index in [0.29, 0.717) is 5.56 Å². The molecule has 0 radical (unpaired) electrons. The minimum Gasteiger partial charge on any atom is -0.459 e. The van der Waals surface area contributed by atoms with Crippen LogP contribution in [0.25, 0.3) is 0 Å². The summed E-state index contributed by atoms with van der Waals surface area (Å²) in [6.45, 7) is 15.2. The van der Waals surface area contributed by atoms with E-state index in [2.05, 4.69) is 0 Å². The van der Waals surface area contributed by atoms with E-state index in [1.54, 1.807) is 19.9 Å². The lowest BCUT2D eigenvalue weighted by Gasteiger charge is -2.23. The molecule has 0 heterocycles. The molecule has 1 aromatic carbocycles. The largest absolute Gasteiger partial charge is 0.513 e. The number of hydrogen-bond acceptors (Lipinski definition) is 11. The van der Waals surface area contributed by atoms with Crippen LogP contribution in [0.2, 0.25) is 0 Å². The van der Waals surface area contributed by atoms with Crippen molar-refractivity contribution in [3.8, 4) is 11.5 Å². The van der Waals surface area contributed by atoms with Gasteiger partial charge in [-0.15, -0.1) is 0 Å². The molecule has 5 atom stereocenters. The Morgan fingerprint density at radius 2 is 1.27 bits per heavy atom. The Morgan fingerprint density at radius 1 is 0.756 bits per heavy atom. The number of nitrogens with two attached hydrogens (primary N) is 1. The van der Waals surface area contributed by atoms with Gasteiger partial charge in [0.25, 0.3) is 0 Å². The summed E-state index contributed by atoms with van der Waals surface area (Å²) in [5.41, 5.74) is 6.60. The average molecular weight is 582 g/mol. The van der Waals surface area contributed by atoms with Crippen molar-refractivity contribution in [2.24, 2.45) is 23.5 Å². The van der Waals surface area contributed by atoms with Crippen molar-refractivity contribution < 1.29 is 47.6 Å². The second-order valence-corrected chi connectivity index (χ2v) is 10.9. The monoisotopic (exact) mass is 581 g/mol. The fraction of sp³-hybridized carbons (Fsp3) is 0.667. The van der Waals surface area contributed by atoms with Crippen LogP contribution in [0.4, 0.5) is 9.59 Å². The van der Waals surface area contributed by atoms with Crippen LogP contribution in [0.5, 0.6) is 11.5 Å². The summed E-state index contributed by atoms with van der Waals surface area (Å²) < 4.78 is 31.6. The van der Waals surface area contributed by atoms with Crippen molar-refractivity contribution in [2.75, 3.05) is 13.2 Å². The van der Waals surface area contributed by atoms with Crippen LogP contribution in [0.15, 0.2) is 18.2 Å². The molecule has 0 aliphatic rings. The molecule has 11 heteroatoms. The highest BCUT2D eigenvalue weighted by atomic mass is 16.7. The molecule has 0 fully saturated rings. The van der Waals surface area contributed by atoms with Crippen molar-refractivity contribution in [3.05, 3.63) is 23.8 Å². The van der Waals surface area contributed by atoms with Gasteiger partial charge in [-0.05, 0) is 55.7 Å².